The van der Waals surface area contributed by atoms with Gasteiger partial charge in [-0.1, -0.05) is 36.7 Å². The van der Waals surface area contributed by atoms with Crippen molar-refractivity contribution in [1.82, 2.24) is 4.98 Å². The predicted octanol–water partition coefficient (Wildman–Crippen LogP) is 3.33. The average Bonchev–Trinajstić information content (AvgIpc) is 2.59. The Hall–Kier alpha value is -2.40. The maximum absolute atomic E-state index is 12.9. The summed E-state index contributed by atoms with van der Waals surface area (Å²) >= 11 is 5.87. The van der Waals surface area contributed by atoms with Gasteiger partial charge in [-0.15, -0.1) is 0 Å². The lowest BCUT2D eigenvalue weighted by Gasteiger charge is -2.29. The molecule has 1 amide bonds. The number of amides is 1. The second-order valence-corrected chi connectivity index (χ2v) is 5.21. The highest BCUT2D eigenvalue weighted by Gasteiger charge is 2.31. The van der Waals surface area contributed by atoms with Crippen LogP contribution in [0.15, 0.2) is 48.7 Å². The number of hydrogen-bond acceptors (Lipinski definition) is 4. The molecular weight excluding hydrogens is 316 g/mol. The monoisotopic (exact) mass is 332 g/mol. The number of halogens is 1. The molecule has 0 unspecified atom stereocenters. The van der Waals surface area contributed by atoms with Crippen LogP contribution in [0.5, 0.6) is 0 Å². The quantitative estimate of drug-likeness (QED) is 0.622. The van der Waals surface area contributed by atoms with Gasteiger partial charge in [0.05, 0.1) is 7.11 Å². The van der Waals surface area contributed by atoms with Gasteiger partial charge >= 0.3 is 5.97 Å². The van der Waals surface area contributed by atoms with E-state index in [1.807, 2.05) is 13.0 Å². The topological polar surface area (TPSA) is 59.5 Å². The summed E-state index contributed by atoms with van der Waals surface area (Å²) in [6, 6.07) is 11.3. The van der Waals surface area contributed by atoms with E-state index in [0.29, 0.717) is 17.7 Å². The molecule has 0 N–H and O–H groups in total. The number of anilines is 1. The molecule has 0 aliphatic rings. The van der Waals surface area contributed by atoms with Crippen molar-refractivity contribution in [2.45, 2.75) is 19.4 Å². The van der Waals surface area contributed by atoms with Crippen molar-refractivity contribution >= 4 is 29.2 Å². The molecule has 0 saturated heterocycles. The Kier molecular flexibility index (Phi) is 5.71. The Morgan fingerprint density at radius 3 is 2.52 bits per heavy atom. The highest BCUT2D eigenvalue weighted by atomic mass is 35.5. The van der Waals surface area contributed by atoms with Crippen LogP contribution in [0.3, 0.4) is 0 Å². The van der Waals surface area contributed by atoms with Gasteiger partial charge in [-0.05, 0) is 30.7 Å². The zero-order chi connectivity index (χ0) is 16.8. The fourth-order valence-corrected chi connectivity index (χ4v) is 2.47. The molecule has 120 valence electrons. The van der Waals surface area contributed by atoms with Crippen molar-refractivity contribution in [3.63, 3.8) is 0 Å². The van der Waals surface area contributed by atoms with Crippen LogP contribution in [0.4, 0.5) is 5.69 Å². The minimum atomic E-state index is -0.721. The van der Waals surface area contributed by atoms with E-state index in [9.17, 15) is 9.59 Å². The minimum Gasteiger partial charge on any atom is -0.467 e. The number of para-hydroxylation sites is 1. The number of methoxy groups -OCH3 is 1. The number of ether oxygens (including phenoxy) is 1. The standard InChI is InChI=1S/C17H17ClN2O3/c1-3-14(17(22)23-2)20(13-7-5-4-6-8-13)16(21)12-9-10-19-15(18)11-12/h4-11,14H,3H2,1-2H3/t14-/m1/s1. The molecule has 23 heavy (non-hydrogen) atoms. The molecule has 2 aromatic rings. The fourth-order valence-electron chi connectivity index (χ4n) is 2.29. The summed E-state index contributed by atoms with van der Waals surface area (Å²) in [6.07, 6.45) is 1.88. The number of carbonyl (C=O) groups is 2. The van der Waals surface area contributed by atoms with E-state index in [1.165, 1.54) is 24.3 Å². The van der Waals surface area contributed by atoms with Crippen LogP contribution < -0.4 is 4.90 Å². The number of rotatable bonds is 5. The predicted molar refractivity (Wildman–Crippen MR) is 88.6 cm³/mol. The summed E-state index contributed by atoms with van der Waals surface area (Å²) in [5.41, 5.74) is 0.971. The second-order valence-electron chi connectivity index (χ2n) is 4.83. The molecule has 1 aromatic carbocycles. The summed E-state index contributed by atoms with van der Waals surface area (Å²) in [7, 11) is 1.31. The Morgan fingerprint density at radius 1 is 1.26 bits per heavy atom. The van der Waals surface area contributed by atoms with Gasteiger partial charge in [-0.25, -0.2) is 9.78 Å². The van der Waals surface area contributed by atoms with E-state index in [-0.39, 0.29) is 11.1 Å². The summed E-state index contributed by atoms with van der Waals surface area (Å²) in [6.45, 7) is 1.82. The maximum atomic E-state index is 12.9. The van der Waals surface area contributed by atoms with Gasteiger partial charge in [0.1, 0.15) is 11.2 Å². The Labute approximate surface area is 139 Å². The zero-order valence-corrected chi connectivity index (χ0v) is 13.7. The Morgan fingerprint density at radius 2 is 1.96 bits per heavy atom. The first-order valence-corrected chi connectivity index (χ1v) is 7.54. The second kappa shape index (κ2) is 7.74. The average molecular weight is 333 g/mol. The number of carbonyl (C=O) groups excluding carboxylic acids is 2. The highest BCUT2D eigenvalue weighted by Crippen LogP contribution is 2.23. The van der Waals surface area contributed by atoms with E-state index < -0.39 is 12.0 Å². The van der Waals surface area contributed by atoms with Gasteiger partial charge in [0.15, 0.2) is 0 Å². The van der Waals surface area contributed by atoms with Crippen molar-refractivity contribution < 1.29 is 14.3 Å². The molecule has 0 fully saturated rings. The van der Waals surface area contributed by atoms with Gasteiger partial charge in [-0.3, -0.25) is 9.69 Å². The van der Waals surface area contributed by atoms with Gasteiger partial charge in [-0.2, -0.15) is 0 Å². The van der Waals surface area contributed by atoms with Crippen molar-refractivity contribution in [1.29, 1.82) is 0 Å². The lowest BCUT2D eigenvalue weighted by Crippen LogP contribution is -2.45. The molecule has 2 rings (SSSR count). The molecule has 0 aliphatic carbocycles. The van der Waals surface area contributed by atoms with E-state index >= 15 is 0 Å². The first-order valence-electron chi connectivity index (χ1n) is 7.16. The first-order chi connectivity index (χ1) is 11.1. The molecule has 1 heterocycles. The summed E-state index contributed by atoms with van der Waals surface area (Å²) in [5, 5.41) is 0.218. The highest BCUT2D eigenvalue weighted by molar-refractivity contribution is 6.29. The van der Waals surface area contributed by atoms with Crippen molar-refractivity contribution in [2.75, 3.05) is 12.0 Å². The number of nitrogens with zero attached hydrogens (tertiary/aromatic N) is 2. The number of hydrogen-bond donors (Lipinski definition) is 0. The number of aromatic nitrogens is 1. The number of esters is 1. The summed E-state index contributed by atoms with van der Waals surface area (Å²) in [4.78, 5) is 30.4. The van der Waals surface area contributed by atoms with Crippen molar-refractivity contribution in [2.24, 2.45) is 0 Å². The normalized spacial score (nSPS) is 11.6. The smallest absolute Gasteiger partial charge is 0.328 e. The summed E-state index contributed by atoms with van der Waals surface area (Å²) in [5.74, 6) is -0.803. The Balaban J connectivity index is 2.49. The molecule has 0 bridgehead atoms. The van der Waals surface area contributed by atoms with E-state index in [4.69, 9.17) is 16.3 Å². The van der Waals surface area contributed by atoms with Crippen LogP contribution >= 0.6 is 11.6 Å². The van der Waals surface area contributed by atoms with Gasteiger partial charge in [0.25, 0.3) is 5.91 Å². The molecule has 0 radical (unpaired) electrons. The molecule has 0 saturated carbocycles. The first kappa shape index (κ1) is 17.0. The lowest BCUT2D eigenvalue weighted by molar-refractivity contribution is -0.142. The number of benzene rings is 1. The number of pyridine rings is 1. The van der Waals surface area contributed by atoms with Crippen molar-refractivity contribution in [3.8, 4) is 0 Å². The lowest BCUT2D eigenvalue weighted by atomic mass is 10.1. The van der Waals surface area contributed by atoms with Crippen LogP contribution in [-0.2, 0) is 9.53 Å². The molecule has 1 atom stereocenters. The SMILES string of the molecule is CC[C@H](C(=O)OC)N(C(=O)c1ccnc(Cl)c1)c1ccccc1. The molecule has 0 spiro atoms. The van der Waals surface area contributed by atoms with E-state index in [1.54, 1.807) is 30.3 Å². The van der Waals surface area contributed by atoms with Crippen LogP contribution in [0.2, 0.25) is 5.15 Å². The minimum absolute atomic E-state index is 0.218. The molecular formula is C17H17ClN2O3. The maximum Gasteiger partial charge on any atom is 0.328 e. The van der Waals surface area contributed by atoms with Gasteiger partial charge < -0.3 is 4.74 Å². The van der Waals surface area contributed by atoms with Crippen LogP contribution in [0.25, 0.3) is 0 Å². The fraction of sp³-hybridized carbons (Fsp3) is 0.235. The third-order valence-electron chi connectivity index (χ3n) is 3.40. The van der Waals surface area contributed by atoms with Crippen LogP contribution in [0, 0.1) is 0 Å². The largest absolute Gasteiger partial charge is 0.467 e. The molecule has 6 heteroatoms. The van der Waals surface area contributed by atoms with Crippen LogP contribution in [-0.4, -0.2) is 30.0 Å². The Bertz CT molecular complexity index is 691. The van der Waals surface area contributed by atoms with Gasteiger partial charge in [0.2, 0.25) is 0 Å². The zero-order valence-electron chi connectivity index (χ0n) is 12.9. The molecule has 0 aliphatic heterocycles. The van der Waals surface area contributed by atoms with Crippen molar-refractivity contribution in [3.05, 3.63) is 59.4 Å². The third kappa shape index (κ3) is 3.87. The van der Waals surface area contributed by atoms with Gasteiger partial charge in [0, 0.05) is 17.4 Å². The van der Waals surface area contributed by atoms with E-state index in [0.717, 1.165) is 0 Å². The summed E-state index contributed by atoms with van der Waals surface area (Å²) < 4.78 is 4.84. The molecule has 5 nitrogen and oxygen atoms in total. The van der Waals surface area contributed by atoms with Crippen LogP contribution in [0.1, 0.15) is 23.7 Å². The van der Waals surface area contributed by atoms with E-state index in [2.05, 4.69) is 4.98 Å². The molecule has 1 aromatic heterocycles. The third-order valence-corrected chi connectivity index (χ3v) is 3.61.